The number of rotatable bonds is 3. The van der Waals surface area contributed by atoms with Gasteiger partial charge in [-0.1, -0.05) is 20.8 Å². The maximum atomic E-state index is 12.1. The Morgan fingerprint density at radius 1 is 1.39 bits per heavy atom. The van der Waals surface area contributed by atoms with E-state index in [0.717, 1.165) is 0 Å². The van der Waals surface area contributed by atoms with E-state index in [2.05, 4.69) is 15.3 Å². The number of hydrogen-bond acceptors (Lipinski definition) is 4. The summed E-state index contributed by atoms with van der Waals surface area (Å²) in [4.78, 5) is 22.2. The van der Waals surface area contributed by atoms with Crippen molar-refractivity contribution < 1.29 is 4.79 Å². The number of anilines is 2. The molecule has 0 aliphatic rings. The molecule has 0 bridgehead atoms. The van der Waals surface area contributed by atoms with Gasteiger partial charge in [0.1, 0.15) is 17.5 Å². The van der Waals surface area contributed by atoms with Crippen molar-refractivity contribution in [3.05, 3.63) is 11.9 Å². The molecule has 0 fully saturated rings. The van der Waals surface area contributed by atoms with E-state index < -0.39 is 0 Å². The second-order valence-electron chi connectivity index (χ2n) is 5.60. The maximum Gasteiger partial charge on any atom is 0.228 e. The van der Waals surface area contributed by atoms with E-state index in [9.17, 15) is 4.79 Å². The molecule has 0 aliphatic heterocycles. The number of nitrogens with one attached hydrogen (secondary N) is 1. The Hall–Kier alpha value is -1.65. The second-order valence-corrected chi connectivity index (χ2v) is 5.60. The summed E-state index contributed by atoms with van der Waals surface area (Å²) in [6, 6.07) is 1.77. The lowest BCUT2D eigenvalue weighted by atomic mass is 9.92. The maximum absolute atomic E-state index is 12.1. The second kappa shape index (κ2) is 5.33. The van der Waals surface area contributed by atoms with Crippen LogP contribution >= 0.6 is 0 Å². The monoisotopic (exact) mass is 250 g/mol. The summed E-state index contributed by atoms with van der Waals surface area (Å²) >= 11 is 0. The van der Waals surface area contributed by atoms with Crippen LogP contribution in [0, 0.1) is 12.3 Å². The Morgan fingerprint density at radius 2 is 2.00 bits per heavy atom. The fourth-order valence-corrected chi connectivity index (χ4v) is 1.55. The van der Waals surface area contributed by atoms with Crippen LogP contribution in [-0.2, 0) is 4.79 Å². The van der Waals surface area contributed by atoms with Crippen LogP contribution < -0.4 is 10.2 Å². The van der Waals surface area contributed by atoms with Crippen molar-refractivity contribution in [1.82, 2.24) is 9.97 Å². The average molecular weight is 250 g/mol. The fraction of sp³-hybridized carbons (Fsp3) is 0.615. The predicted molar refractivity (Wildman–Crippen MR) is 73.8 cm³/mol. The molecule has 1 N–H and O–H groups in total. The summed E-state index contributed by atoms with van der Waals surface area (Å²) in [5.74, 6) is 2.05. The standard InChI is InChI=1S/C13H22N4O/c1-9-15-10(14-5)7-11(16-9)17(6)12(18)8-13(2,3)4/h7H,8H2,1-6H3,(H,14,15,16). The molecular formula is C13H22N4O. The summed E-state index contributed by atoms with van der Waals surface area (Å²) in [7, 11) is 3.54. The molecule has 18 heavy (non-hydrogen) atoms. The molecule has 0 atom stereocenters. The summed E-state index contributed by atoms with van der Waals surface area (Å²) in [5.41, 5.74) is -0.0285. The van der Waals surface area contributed by atoms with Gasteiger partial charge >= 0.3 is 0 Å². The van der Waals surface area contributed by atoms with E-state index >= 15 is 0 Å². The van der Waals surface area contributed by atoms with Gasteiger partial charge in [0, 0.05) is 26.6 Å². The van der Waals surface area contributed by atoms with E-state index in [-0.39, 0.29) is 11.3 Å². The largest absolute Gasteiger partial charge is 0.373 e. The normalized spacial score (nSPS) is 11.2. The van der Waals surface area contributed by atoms with Gasteiger partial charge in [0.05, 0.1) is 0 Å². The third-order valence-electron chi connectivity index (χ3n) is 2.48. The fourth-order valence-electron chi connectivity index (χ4n) is 1.55. The molecule has 0 aliphatic carbocycles. The number of aromatic nitrogens is 2. The predicted octanol–water partition coefficient (Wildman–Crippen LogP) is 2.23. The minimum absolute atomic E-state index is 0.0285. The minimum Gasteiger partial charge on any atom is -0.373 e. The topological polar surface area (TPSA) is 58.1 Å². The first-order chi connectivity index (χ1) is 8.23. The molecule has 100 valence electrons. The van der Waals surface area contributed by atoms with E-state index in [1.807, 2.05) is 27.7 Å². The number of nitrogens with zero attached hydrogens (tertiary/aromatic N) is 3. The quantitative estimate of drug-likeness (QED) is 0.893. The smallest absolute Gasteiger partial charge is 0.228 e. The van der Waals surface area contributed by atoms with Crippen LogP contribution in [0.1, 0.15) is 33.0 Å². The lowest BCUT2D eigenvalue weighted by Crippen LogP contribution is -2.30. The Morgan fingerprint density at radius 3 is 2.50 bits per heavy atom. The average Bonchev–Trinajstić information content (AvgIpc) is 2.24. The number of carbonyl (C=O) groups excluding carboxylic acids is 1. The van der Waals surface area contributed by atoms with Gasteiger partial charge in [-0.15, -0.1) is 0 Å². The van der Waals surface area contributed by atoms with Crippen LogP contribution in [0.5, 0.6) is 0 Å². The summed E-state index contributed by atoms with van der Waals surface area (Å²) in [6.45, 7) is 7.95. The van der Waals surface area contributed by atoms with Gasteiger partial charge in [-0.05, 0) is 12.3 Å². The Labute approximate surface area is 109 Å². The number of amides is 1. The zero-order chi connectivity index (χ0) is 13.9. The van der Waals surface area contributed by atoms with Gasteiger partial charge in [0.2, 0.25) is 5.91 Å². The molecule has 5 heteroatoms. The first kappa shape index (κ1) is 14.4. The Balaban J connectivity index is 2.93. The molecular weight excluding hydrogens is 228 g/mol. The van der Waals surface area contributed by atoms with Crippen LogP contribution in [0.15, 0.2) is 6.07 Å². The molecule has 0 saturated carbocycles. The number of aryl methyl sites for hydroxylation is 1. The molecule has 0 saturated heterocycles. The highest BCUT2D eigenvalue weighted by Gasteiger charge is 2.20. The lowest BCUT2D eigenvalue weighted by Gasteiger charge is -2.23. The van der Waals surface area contributed by atoms with Gasteiger partial charge in [0.25, 0.3) is 0 Å². The van der Waals surface area contributed by atoms with Gasteiger partial charge in [-0.25, -0.2) is 9.97 Å². The molecule has 0 radical (unpaired) electrons. The molecule has 1 aromatic rings. The van der Waals surface area contributed by atoms with Crippen LogP contribution in [0.25, 0.3) is 0 Å². The molecule has 0 spiro atoms. The van der Waals surface area contributed by atoms with E-state index in [1.165, 1.54) is 0 Å². The molecule has 1 aromatic heterocycles. The van der Waals surface area contributed by atoms with Crippen LogP contribution in [-0.4, -0.2) is 30.0 Å². The van der Waals surface area contributed by atoms with Crippen LogP contribution in [0.2, 0.25) is 0 Å². The highest BCUT2D eigenvalue weighted by Crippen LogP contribution is 2.22. The highest BCUT2D eigenvalue weighted by molar-refractivity contribution is 5.92. The zero-order valence-electron chi connectivity index (χ0n) is 12.0. The molecule has 0 aromatic carbocycles. The highest BCUT2D eigenvalue weighted by atomic mass is 16.2. The van der Waals surface area contributed by atoms with Gasteiger partial charge in [0.15, 0.2) is 0 Å². The van der Waals surface area contributed by atoms with Crippen molar-refractivity contribution in [2.45, 2.75) is 34.1 Å². The summed E-state index contributed by atoms with van der Waals surface area (Å²) in [5, 5.41) is 2.96. The molecule has 5 nitrogen and oxygen atoms in total. The van der Waals surface area contributed by atoms with Crippen LogP contribution in [0.3, 0.4) is 0 Å². The van der Waals surface area contributed by atoms with Gasteiger partial charge < -0.3 is 5.32 Å². The van der Waals surface area contributed by atoms with Crippen molar-refractivity contribution in [1.29, 1.82) is 0 Å². The summed E-state index contributed by atoms with van der Waals surface area (Å²) < 4.78 is 0. The van der Waals surface area contributed by atoms with E-state index in [1.54, 1.807) is 25.1 Å². The first-order valence-corrected chi connectivity index (χ1v) is 6.03. The van der Waals surface area contributed by atoms with Crippen molar-refractivity contribution in [2.24, 2.45) is 5.41 Å². The molecule has 1 rings (SSSR count). The van der Waals surface area contributed by atoms with E-state index in [0.29, 0.717) is 23.9 Å². The van der Waals surface area contributed by atoms with Gasteiger partial charge in [-0.3, -0.25) is 9.69 Å². The molecule has 1 amide bonds. The van der Waals surface area contributed by atoms with Crippen molar-refractivity contribution in [3.8, 4) is 0 Å². The summed E-state index contributed by atoms with van der Waals surface area (Å²) in [6.07, 6.45) is 0.488. The lowest BCUT2D eigenvalue weighted by molar-refractivity contribution is -0.120. The third kappa shape index (κ3) is 3.98. The SMILES string of the molecule is CNc1cc(N(C)C(=O)CC(C)(C)C)nc(C)n1. The molecule has 0 unspecified atom stereocenters. The minimum atomic E-state index is -0.0285. The van der Waals surface area contributed by atoms with Crippen molar-refractivity contribution in [2.75, 3.05) is 24.3 Å². The van der Waals surface area contributed by atoms with Crippen LogP contribution in [0.4, 0.5) is 11.6 Å². The van der Waals surface area contributed by atoms with Crippen molar-refractivity contribution in [3.63, 3.8) is 0 Å². The molecule has 1 heterocycles. The Kier molecular flexibility index (Phi) is 4.27. The first-order valence-electron chi connectivity index (χ1n) is 6.03. The zero-order valence-corrected chi connectivity index (χ0v) is 12.0. The Bertz CT molecular complexity index is 437. The number of carbonyl (C=O) groups is 1. The third-order valence-corrected chi connectivity index (χ3v) is 2.48. The number of hydrogen-bond donors (Lipinski definition) is 1. The van der Waals surface area contributed by atoms with Crippen molar-refractivity contribution >= 4 is 17.5 Å². The van der Waals surface area contributed by atoms with Gasteiger partial charge in [-0.2, -0.15) is 0 Å². The van der Waals surface area contributed by atoms with E-state index in [4.69, 9.17) is 0 Å².